The quantitative estimate of drug-likeness (QED) is 0.713. The van der Waals surface area contributed by atoms with Gasteiger partial charge in [-0.05, 0) is 18.4 Å². The number of rotatable bonds is 7. The van der Waals surface area contributed by atoms with E-state index >= 15 is 0 Å². The van der Waals surface area contributed by atoms with E-state index < -0.39 is 0 Å². The maximum Gasteiger partial charge on any atom is 0.173 e. The van der Waals surface area contributed by atoms with Crippen molar-refractivity contribution in [3.05, 3.63) is 35.9 Å². The first-order chi connectivity index (χ1) is 10.3. The van der Waals surface area contributed by atoms with Crippen LogP contribution in [0.4, 0.5) is 0 Å². The molecule has 0 amide bonds. The van der Waals surface area contributed by atoms with Gasteiger partial charge in [-0.15, -0.1) is 0 Å². The number of hydrogen-bond donors (Lipinski definition) is 0. The van der Waals surface area contributed by atoms with E-state index in [0.29, 0.717) is 12.3 Å². The molecule has 114 valence electrons. The average Bonchev–Trinajstić information content (AvgIpc) is 2.55. The lowest BCUT2D eigenvalue weighted by Crippen LogP contribution is -2.37. The molecule has 1 aromatic rings. The predicted molar refractivity (Wildman–Crippen MR) is 82.6 cm³/mol. The molecule has 0 bridgehead atoms. The van der Waals surface area contributed by atoms with Crippen LogP contribution >= 0.6 is 0 Å². The summed E-state index contributed by atoms with van der Waals surface area (Å²) in [7, 11) is 0. The topological polar surface area (TPSA) is 42.2 Å². The number of nitrogens with zero attached hydrogens (tertiary/aromatic N) is 1. The van der Waals surface area contributed by atoms with Gasteiger partial charge in [-0.25, -0.2) is 0 Å². The van der Waals surface area contributed by atoms with Crippen LogP contribution in [-0.4, -0.2) is 19.5 Å². The minimum Gasteiger partial charge on any atom is -0.351 e. The highest BCUT2D eigenvalue weighted by molar-refractivity contribution is 5.16. The van der Waals surface area contributed by atoms with Gasteiger partial charge in [-0.2, -0.15) is 5.26 Å². The van der Waals surface area contributed by atoms with Crippen molar-refractivity contribution < 1.29 is 9.47 Å². The molecule has 1 aromatic carbocycles. The Hall–Kier alpha value is -1.37. The first kappa shape index (κ1) is 16.0. The highest BCUT2D eigenvalue weighted by atomic mass is 16.7. The number of benzene rings is 1. The molecule has 0 saturated carbocycles. The van der Waals surface area contributed by atoms with E-state index in [1.807, 2.05) is 30.3 Å². The Morgan fingerprint density at radius 2 is 1.90 bits per heavy atom. The smallest absolute Gasteiger partial charge is 0.173 e. The van der Waals surface area contributed by atoms with Crippen molar-refractivity contribution in [2.24, 2.45) is 11.8 Å². The van der Waals surface area contributed by atoms with Gasteiger partial charge < -0.3 is 9.47 Å². The van der Waals surface area contributed by atoms with E-state index in [1.165, 1.54) is 19.3 Å². The second-order valence-electron chi connectivity index (χ2n) is 5.82. The lowest BCUT2D eigenvalue weighted by molar-refractivity contribution is -0.216. The lowest BCUT2D eigenvalue weighted by atomic mass is 9.98. The molecule has 0 N–H and O–H groups in total. The lowest BCUT2D eigenvalue weighted by Gasteiger charge is -2.31. The number of unbranched alkanes of at least 4 members (excludes halogenated alkanes) is 2. The molecule has 0 aromatic heterocycles. The first-order valence-corrected chi connectivity index (χ1v) is 8.00. The van der Waals surface area contributed by atoms with Crippen LogP contribution in [0.1, 0.15) is 38.2 Å². The number of nitriles is 1. The number of ether oxygens (including phenoxy) is 2. The maximum absolute atomic E-state index is 9.37. The molecule has 3 nitrogen and oxygen atoms in total. The molecule has 1 fully saturated rings. The number of hydrogen-bond acceptors (Lipinski definition) is 3. The zero-order chi connectivity index (χ0) is 14.9. The molecule has 1 atom stereocenters. The van der Waals surface area contributed by atoms with Crippen LogP contribution in [0, 0.1) is 23.2 Å². The third-order valence-electron chi connectivity index (χ3n) is 4.00. The normalized spacial score (nSPS) is 23.4. The maximum atomic E-state index is 9.37. The van der Waals surface area contributed by atoms with Crippen LogP contribution in [0.5, 0.6) is 0 Å². The van der Waals surface area contributed by atoms with E-state index in [0.717, 1.165) is 25.2 Å². The van der Waals surface area contributed by atoms with Crippen molar-refractivity contribution in [3.8, 4) is 6.07 Å². The molecule has 0 spiro atoms. The minimum absolute atomic E-state index is 0.232. The zero-order valence-corrected chi connectivity index (χ0v) is 12.8. The Kier molecular flexibility index (Phi) is 6.72. The summed E-state index contributed by atoms with van der Waals surface area (Å²) < 4.78 is 11.6. The fourth-order valence-corrected chi connectivity index (χ4v) is 2.71. The van der Waals surface area contributed by atoms with Crippen LogP contribution in [0.3, 0.4) is 0 Å². The summed E-state index contributed by atoms with van der Waals surface area (Å²) in [6.07, 6.45) is 5.22. The molecule has 1 unspecified atom stereocenters. The monoisotopic (exact) mass is 287 g/mol. The van der Waals surface area contributed by atoms with Crippen molar-refractivity contribution in [3.63, 3.8) is 0 Å². The van der Waals surface area contributed by atoms with Gasteiger partial charge in [0.25, 0.3) is 0 Å². The van der Waals surface area contributed by atoms with Gasteiger partial charge in [0.05, 0.1) is 19.3 Å². The van der Waals surface area contributed by atoms with Gasteiger partial charge in [-0.1, -0.05) is 56.5 Å². The Balaban J connectivity index is 1.78. The first-order valence-electron chi connectivity index (χ1n) is 8.00. The molecule has 2 rings (SSSR count). The molecular formula is C18H25NO2. The van der Waals surface area contributed by atoms with Gasteiger partial charge in [0, 0.05) is 5.92 Å². The van der Waals surface area contributed by atoms with E-state index in [9.17, 15) is 5.26 Å². The summed E-state index contributed by atoms with van der Waals surface area (Å²) >= 11 is 0. The van der Waals surface area contributed by atoms with Crippen LogP contribution in [0.15, 0.2) is 30.3 Å². The zero-order valence-electron chi connectivity index (χ0n) is 12.8. The van der Waals surface area contributed by atoms with Gasteiger partial charge in [-0.3, -0.25) is 0 Å². The highest BCUT2D eigenvalue weighted by Crippen LogP contribution is 2.23. The second-order valence-corrected chi connectivity index (χ2v) is 5.82. The average molecular weight is 287 g/mol. The highest BCUT2D eigenvalue weighted by Gasteiger charge is 2.29. The summed E-state index contributed by atoms with van der Waals surface area (Å²) in [4.78, 5) is 0. The molecule has 3 heteroatoms. The summed E-state index contributed by atoms with van der Waals surface area (Å²) in [5, 5.41) is 9.37. The van der Waals surface area contributed by atoms with Crippen molar-refractivity contribution in [1.82, 2.24) is 0 Å². The molecule has 1 aliphatic heterocycles. The van der Waals surface area contributed by atoms with Crippen molar-refractivity contribution in [2.45, 2.75) is 45.3 Å². The molecule has 1 saturated heterocycles. The SMILES string of the molecule is CCCCCC1COC(C(C#N)Cc2ccccc2)OC1. The molecule has 0 radical (unpaired) electrons. The van der Waals surface area contributed by atoms with Crippen molar-refractivity contribution in [1.29, 1.82) is 5.26 Å². The van der Waals surface area contributed by atoms with Crippen molar-refractivity contribution >= 4 is 0 Å². The third-order valence-corrected chi connectivity index (χ3v) is 4.00. The molecule has 1 aliphatic rings. The Morgan fingerprint density at radius 1 is 1.19 bits per heavy atom. The Labute approximate surface area is 127 Å². The predicted octanol–water partition coefficient (Wildman–Crippen LogP) is 3.94. The summed E-state index contributed by atoms with van der Waals surface area (Å²) in [6, 6.07) is 12.4. The molecule has 1 heterocycles. The summed E-state index contributed by atoms with van der Waals surface area (Å²) in [5.41, 5.74) is 1.15. The van der Waals surface area contributed by atoms with Gasteiger partial charge in [0.15, 0.2) is 6.29 Å². The van der Waals surface area contributed by atoms with Crippen LogP contribution in [0.25, 0.3) is 0 Å². The molecular weight excluding hydrogens is 262 g/mol. The summed E-state index contributed by atoms with van der Waals surface area (Å²) in [6.45, 7) is 3.66. The van der Waals surface area contributed by atoms with Gasteiger partial charge in [0.1, 0.15) is 5.92 Å². The van der Waals surface area contributed by atoms with Crippen LogP contribution in [0.2, 0.25) is 0 Å². The Morgan fingerprint density at radius 3 is 2.52 bits per heavy atom. The fourth-order valence-electron chi connectivity index (χ4n) is 2.71. The van der Waals surface area contributed by atoms with Gasteiger partial charge in [0.2, 0.25) is 0 Å². The van der Waals surface area contributed by atoms with Crippen LogP contribution < -0.4 is 0 Å². The van der Waals surface area contributed by atoms with E-state index in [-0.39, 0.29) is 12.2 Å². The van der Waals surface area contributed by atoms with Crippen LogP contribution in [-0.2, 0) is 15.9 Å². The molecule has 21 heavy (non-hydrogen) atoms. The van der Waals surface area contributed by atoms with Gasteiger partial charge >= 0.3 is 0 Å². The Bertz CT molecular complexity index is 432. The molecule has 0 aliphatic carbocycles. The van der Waals surface area contributed by atoms with E-state index in [4.69, 9.17) is 9.47 Å². The minimum atomic E-state index is -0.377. The summed E-state index contributed by atoms with van der Waals surface area (Å²) in [5.74, 6) is 0.257. The third kappa shape index (κ3) is 5.15. The van der Waals surface area contributed by atoms with Crippen molar-refractivity contribution in [2.75, 3.05) is 13.2 Å². The van der Waals surface area contributed by atoms with E-state index in [1.54, 1.807) is 0 Å². The standard InChI is InChI=1S/C18H25NO2/c1-2-3-5-10-16-13-20-18(21-14-16)17(12-19)11-15-8-6-4-7-9-15/h4,6-9,16-18H,2-3,5,10-11,13-14H2,1H3. The fraction of sp³-hybridized carbons (Fsp3) is 0.611. The largest absolute Gasteiger partial charge is 0.351 e. The van der Waals surface area contributed by atoms with E-state index in [2.05, 4.69) is 13.0 Å². The second kappa shape index (κ2) is 8.81.